The molecule has 1 fully saturated rings. The van der Waals surface area contributed by atoms with Gasteiger partial charge in [0, 0.05) is 26.1 Å². The van der Waals surface area contributed by atoms with E-state index in [-0.39, 0.29) is 5.91 Å². The molecule has 0 bridgehead atoms. The fraction of sp³-hybridized carbons (Fsp3) is 0.857. The summed E-state index contributed by atoms with van der Waals surface area (Å²) in [5.74, 6) is 0.240. The summed E-state index contributed by atoms with van der Waals surface area (Å²) in [5.41, 5.74) is 0. The van der Waals surface area contributed by atoms with Crippen molar-refractivity contribution in [2.24, 2.45) is 7.05 Å². The highest BCUT2D eigenvalue weighted by molar-refractivity contribution is 5.76. The van der Waals surface area contributed by atoms with Gasteiger partial charge in [0.15, 0.2) is 0 Å². The predicted molar refractivity (Wildman–Crippen MR) is 77.8 cm³/mol. The van der Waals surface area contributed by atoms with Gasteiger partial charge in [-0.05, 0) is 36.6 Å². The third-order valence-corrected chi connectivity index (χ3v) is 4.02. The Bertz CT molecular complexity index is 442. The van der Waals surface area contributed by atoms with Crippen LogP contribution in [0.4, 0.5) is 0 Å². The lowest BCUT2D eigenvalue weighted by Gasteiger charge is -2.33. The van der Waals surface area contributed by atoms with Gasteiger partial charge in [0.05, 0.1) is 6.61 Å². The number of nitrogens with zero attached hydrogens (tertiary/aromatic N) is 5. The van der Waals surface area contributed by atoms with Gasteiger partial charge >= 0.3 is 6.01 Å². The van der Waals surface area contributed by atoms with Gasteiger partial charge < -0.3 is 9.64 Å². The molecule has 0 aliphatic heterocycles. The second-order valence-corrected chi connectivity index (χ2v) is 5.51. The fourth-order valence-electron chi connectivity index (χ4n) is 2.90. The molecule has 1 heterocycles. The molecule has 0 aromatic carbocycles. The minimum atomic E-state index is 0.240. The minimum Gasteiger partial charge on any atom is -0.463 e. The Morgan fingerprint density at radius 1 is 1.38 bits per heavy atom. The second kappa shape index (κ2) is 7.95. The zero-order chi connectivity index (χ0) is 15.1. The molecular formula is C14H25N5O2. The quantitative estimate of drug-likeness (QED) is 0.714. The Kier molecular flexibility index (Phi) is 5.95. The van der Waals surface area contributed by atoms with Crippen LogP contribution in [0.2, 0.25) is 0 Å². The van der Waals surface area contributed by atoms with Crippen molar-refractivity contribution in [3.63, 3.8) is 0 Å². The molecule has 7 heteroatoms. The number of tetrazole rings is 1. The maximum atomic E-state index is 12.3. The van der Waals surface area contributed by atoms with E-state index in [1.54, 1.807) is 7.05 Å². The van der Waals surface area contributed by atoms with Crippen molar-refractivity contribution in [3.8, 4) is 6.01 Å². The molecule has 0 saturated heterocycles. The topological polar surface area (TPSA) is 73.1 Å². The summed E-state index contributed by atoms with van der Waals surface area (Å²) in [4.78, 5) is 14.4. The third-order valence-electron chi connectivity index (χ3n) is 4.02. The standard InChI is InChI=1S/C14H25N5O2/c1-3-19(12-8-5-4-6-9-12)13(20)10-7-11-21-14-15-16-17-18(14)2/h12H,3-11H2,1-2H3. The van der Waals surface area contributed by atoms with Gasteiger partial charge in [0.25, 0.3) is 0 Å². The van der Waals surface area contributed by atoms with E-state index < -0.39 is 0 Å². The van der Waals surface area contributed by atoms with Crippen molar-refractivity contribution >= 4 is 5.91 Å². The van der Waals surface area contributed by atoms with Crippen LogP contribution < -0.4 is 4.74 Å². The number of amides is 1. The van der Waals surface area contributed by atoms with Crippen molar-refractivity contribution in [2.75, 3.05) is 13.2 Å². The Morgan fingerprint density at radius 2 is 2.14 bits per heavy atom. The number of aromatic nitrogens is 4. The number of hydrogen-bond acceptors (Lipinski definition) is 5. The van der Waals surface area contributed by atoms with Crippen molar-refractivity contribution in [3.05, 3.63) is 0 Å². The smallest absolute Gasteiger partial charge is 0.335 e. The lowest BCUT2D eigenvalue weighted by molar-refractivity contribution is -0.134. The number of carbonyl (C=O) groups excluding carboxylic acids is 1. The zero-order valence-corrected chi connectivity index (χ0v) is 13.0. The van der Waals surface area contributed by atoms with Gasteiger partial charge in [-0.25, -0.2) is 0 Å². The Labute approximate surface area is 125 Å². The van der Waals surface area contributed by atoms with Gasteiger partial charge in [-0.2, -0.15) is 4.68 Å². The second-order valence-electron chi connectivity index (χ2n) is 5.51. The molecule has 0 unspecified atom stereocenters. The first-order valence-corrected chi connectivity index (χ1v) is 7.87. The fourth-order valence-corrected chi connectivity index (χ4v) is 2.90. The lowest BCUT2D eigenvalue weighted by atomic mass is 9.94. The zero-order valence-electron chi connectivity index (χ0n) is 13.0. The predicted octanol–water partition coefficient (Wildman–Crippen LogP) is 1.55. The van der Waals surface area contributed by atoms with Crippen LogP contribution in [0.3, 0.4) is 0 Å². The van der Waals surface area contributed by atoms with E-state index >= 15 is 0 Å². The molecular weight excluding hydrogens is 270 g/mol. The maximum Gasteiger partial charge on any atom is 0.335 e. The van der Waals surface area contributed by atoms with E-state index in [0.29, 0.717) is 31.5 Å². The Morgan fingerprint density at radius 3 is 2.76 bits per heavy atom. The van der Waals surface area contributed by atoms with Crippen LogP contribution in [0.25, 0.3) is 0 Å². The SMILES string of the molecule is CCN(C(=O)CCCOc1nnnn1C)C1CCCCC1. The van der Waals surface area contributed by atoms with Gasteiger partial charge in [-0.15, -0.1) is 0 Å². The molecule has 1 aromatic rings. The minimum absolute atomic E-state index is 0.240. The Hall–Kier alpha value is -1.66. The van der Waals surface area contributed by atoms with Crippen LogP contribution in [-0.2, 0) is 11.8 Å². The van der Waals surface area contributed by atoms with E-state index in [1.807, 2.05) is 4.90 Å². The molecule has 2 rings (SSSR count). The molecule has 1 aliphatic carbocycles. The van der Waals surface area contributed by atoms with Crippen molar-refractivity contribution < 1.29 is 9.53 Å². The van der Waals surface area contributed by atoms with E-state index in [9.17, 15) is 4.79 Å². The summed E-state index contributed by atoms with van der Waals surface area (Å²) in [6.45, 7) is 3.33. The van der Waals surface area contributed by atoms with Crippen LogP contribution in [0.1, 0.15) is 51.9 Å². The van der Waals surface area contributed by atoms with Crippen LogP contribution in [-0.4, -0.2) is 50.2 Å². The van der Waals surface area contributed by atoms with E-state index in [0.717, 1.165) is 19.4 Å². The lowest BCUT2D eigenvalue weighted by Crippen LogP contribution is -2.41. The number of ether oxygens (including phenoxy) is 1. The van der Waals surface area contributed by atoms with Gasteiger partial charge in [0.2, 0.25) is 5.91 Å². The van der Waals surface area contributed by atoms with Gasteiger partial charge in [0.1, 0.15) is 0 Å². The van der Waals surface area contributed by atoms with Crippen LogP contribution in [0, 0.1) is 0 Å². The largest absolute Gasteiger partial charge is 0.463 e. The summed E-state index contributed by atoms with van der Waals surface area (Å²) >= 11 is 0. The molecule has 118 valence electrons. The number of carbonyl (C=O) groups is 1. The normalized spacial score (nSPS) is 15.9. The summed E-state index contributed by atoms with van der Waals surface area (Å²) in [6, 6.07) is 0.835. The highest BCUT2D eigenvalue weighted by Crippen LogP contribution is 2.23. The first kappa shape index (κ1) is 15.7. The Balaban J connectivity index is 1.71. The van der Waals surface area contributed by atoms with Gasteiger partial charge in [-0.3, -0.25) is 4.79 Å². The van der Waals surface area contributed by atoms with Crippen LogP contribution >= 0.6 is 0 Å². The molecule has 7 nitrogen and oxygen atoms in total. The van der Waals surface area contributed by atoms with E-state index in [1.165, 1.54) is 23.9 Å². The average Bonchev–Trinajstić information content (AvgIpc) is 2.91. The third kappa shape index (κ3) is 4.41. The molecule has 21 heavy (non-hydrogen) atoms. The molecule has 1 aliphatic rings. The van der Waals surface area contributed by atoms with E-state index in [4.69, 9.17) is 4.74 Å². The monoisotopic (exact) mass is 295 g/mol. The molecule has 1 amide bonds. The van der Waals surface area contributed by atoms with Gasteiger partial charge in [-0.1, -0.05) is 24.4 Å². The van der Waals surface area contributed by atoms with Crippen LogP contribution in [0.15, 0.2) is 0 Å². The molecule has 0 atom stereocenters. The van der Waals surface area contributed by atoms with Crippen molar-refractivity contribution in [1.82, 2.24) is 25.1 Å². The molecule has 0 radical (unpaired) electrons. The highest BCUT2D eigenvalue weighted by Gasteiger charge is 2.23. The molecule has 1 aromatic heterocycles. The van der Waals surface area contributed by atoms with Crippen molar-refractivity contribution in [2.45, 2.75) is 57.9 Å². The average molecular weight is 295 g/mol. The first-order valence-electron chi connectivity index (χ1n) is 7.87. The molecule has 1 saturated carbocycles. The van der Waals surface area contributed by atoms with Crippen LogP contribution in [0.5, 0.6) is 6.01 Å². The summed E-state index contributed by atoms with van der Waals surface area (Å²) in [6.07, 6.45) is 7.32. The summed E-state index contributed by atoms with van der Waals surface area (Å²) in [5, 5.41) is 10.9. The number of rotatable bonds is 7. The number of hydrogen-bond donors (Lipinski definition) is 0. The molecule has 0 spiro atoms. The maximum absolute atomic E-state index is 12.3. The highest BCUT2D eigenvalue weighted by atomic mass is 16.5. The van der Waals surface area contributed by atoms with E-state index in [2.05, 4.69) is 22.4 Å². The van der Waals surface area contributed by atoms with Crippen molar-refractivity contribution in [1.29, 1.82) is 0 Å². The molecule has 0 N–H and O–H groups in total. The first-order chi connectivity index (χ1) is 10.2. The summed E-state index contributed by atoms with van der Waals surface area (Å²) < 4.78 is 6.92. The number of aryl methyl sites for hydroxylation is 1. The summed E-state index contributed by atoms with van der Waals surface area (Å²) in [7, 11) is 1.72.